The van der Waals surface area contributed by atoms with Crippen molar-refractivity contribution < 1.29 is 23.8 Å². The van der Waals surface area contributed by atoms with Gasteiger partial charge in [0.2, 0.25) is 0 Å². The van der Waals surface area contributed by atoms with Crippen LogP contribution in [0.1, 0.15) is 19.8 Å². The Morgan fingerprint density at radius 2 is 2.00 bits per heavy atom. The zero-order chi connectivity index (χ0) is 10.3. The molecule has 1 atom stereocenters. The third-order valence-electron chi connectivity index (χ3n) is 1.42. The standard InChI is InChI=1S/C5H8O2.C3H6O3/c1-4-2-3-5(6)7-4;1-5-3(4)6-2/h4H,2-3H2,1H3;1-2H3. The van der Waals surface area contributed by atoms with E-state index in [1.54, 1.807) is 0 Å². The Kier molecular flexibility index (Phi) is 5.67. The molecule has 1 rings (SSSR count). The van der Waals surface area contributed by atoms with Gasteiger partial charge in [0, 0.05) is 6.42 Å². The molecule has 0 radical (unpaired) electrons. The predicted octanol–water partition coefficient (Wildman–Crippen LogP) is 1.11. The van der Waals surface area contributed by atoms with E-state index in [1.807, 2.05) is 6.92 Å². The lowest BCUT2D eigenvalue weighted by Gasteiger charge is -1.95. The molecule has 0 bridgehead atoms. The van der Waals surface area contributed by atoms with Crippen LogP contribution in [-0.2, 0) is 19.0 Å². The smallest absolute Gasteiger partial charge is 0.463 e. The van der Waals surface area contributed by atoms with Crippen LogP contribution < -0.4 is 0 Å². The van der Waals surface area contributed by atoms with Gasteiger partial charge < -0.3 is 14.2 Å². The van der Waals surface area contributed by atoms with E-state index in [0.29, 0.717) is 6.42 Å². The molecule has 1 unspecified atom stereocenters. The van der Waals surface area contributed by atoms with E-state index in [2.05, 4.69) is 9.47 Å². The number of methoxy groups -OCH3 is 2. The molecule has 5 nitrogen and oxygen atoms in total. The average molecular weight is 190 g/mol. The van der Waals surface area contributed by atoms with Crippen LogP contribution in [0.4, 0.5) is 4.79 Å². The molecule has 0 aromatic rings. The summed E-state index contributed by atoms with van der Waals surface area (Å²) < 4.78 is 12.8. The van der Waals surface area contributed by atoms with Gasteiger partial charge in [0.1, 0.15) is 0 Å². The van der Waals surface area contributed by atoms with Crippen LogP contribution in [0.15, 0.2) is 0 Å². The van der Waals surface area contributed by atoms with Crippen LogP contribution in [0.2, 0.25) is 0 Å². The van der Waals surface area contributed by atoms with E-state index in [9.17, 15) is 9.59 Å². The lowest BCUT2D eigenvalue weighted by molar-refractivity contribution is -0.140. The molecule has 13 heavy (non-hydrogen) atoms. The van der Waals surface area contributed by atoms with E-state index in [1.165, 1.54) is 14.2 Å². The molecule has 0 saturated carbocycles. The van der Waals surface area contributed by atoms with E-state index in [-0.39, 0.29) is 12.1 Å². The molecule has 0 aromatic carbocycles. The highest BCUT2D eigenvalue weighted by molar-refractivity contribution is 5.71. The fraction of sp³-hybridized carbons (Fsp3) is 0.750. The molecule has 1 fully saturated rings. The Morgan fingerprint density at radius 3 is 2.08 bits per heavy atom. The van der Waals surface area contributed by atoms with Gasteiger partial charge in [0.25, 0.3) is 0 Å². The lowest BCUT2D eigenvalue weighted by Crippen LogP contribution is -1.98. The maximum absolute atomic E-state index is 10.2. The number of ether oxygens (including phenoxy) is 3. The third-order valence-corrected chi connectivity index (χ3v) is 1.42. The van der Waals surface area contributed by atoms with Gasteiger partial charge in [-0.25, -0.2) is 4.79 Å². The number of carbonyl (C=O) groups excluding carboxylic acids is 2. The highest BCUT2D eigenvalue weighted by Crippen LogP contribution is 2.11. The van der Waals surface area contributed by atoms with E-state index in [0.717, 1.165) is 6.42 Å². The second-order valence-electron chi connectivity index (χ2n) is 2.50. The first-order chi connectivity index (χ1) is 6.10. The Bertz CT molecular complexity index is 171. The molecule has 0 N–H and O–H groups in total. The number of rotatable bonds is 0. The van der Waals surface area contributed by atoms with Crippen molar-refractivity contribution in [3.63, 3.8) is 0 Å². The molecule has 0 aromatic heterocycles. The van der Waals surface area contributed by atoms with Crippen molar-refractivity contribution in [3.05, 3.63) is 0 Å². The third kappa shape index (κ3) is 5.95. The largest absolute Gasteiger partial charge is 0.507 e. The molecule has 1 aliphatic rings. The summed E-state index contributed by atoms with van der Waals surface area (Å²) in [7, 11) is 2.51. The maximum Gasteiger partial charge on any atom is 0.507 e. The molecule has 1 heterocycles. The maximum atomic E-state index is 10.2. The molecule has 76 valence electrons. The van der Waals surface area contributed by atoms with Crippen molar-refractivity contribution >= 4 is 12.1 Å². The molecule has 5 heteroatoms. The van der Waals surface area contributed by atoms with Gasteiger partial charge in [0.05, 0.1) is 20.3 Å². The number of hydrogen-bond donors (Lipinski definition) is 0. The molecule has 1 aliphatic heterocycles. The minimum absolute atomic E-state index is 0.0486. The molecule has 0 aliphatic carbocycles. The lowest BCUT2D eigenvalue weighted by atomic mass is 10.3. The summed E-state index contributed by atoms with van der Waals surface area (Å²) in [5, 5.41) is 0. The SMILES string of the molecule is CC1CCC(=O)O1.COC(=O)OC. The number of hydrogen-bond acceptors (Lipinski definition) is 5. The quantitative estimate of drug-likeness (QED) is 0.535. The van der Waals surface area contributed by atoms with Crippen molar-refractivity contribution in [1.82, 2.24) is 0 Å². The highest BCUT2D eigenvalue weighted by Gasteiger charge is 2.17. The van der Waals surface area contributed by atoms with Crippen LogP contribution in [0.25, 0.3) is 0 Å². The zero-order valence-electron chi connectivity index (χ0n) is 8.03. The van der Waals surface area contributed by atoms with Crippen molar-refractivity contribution in [1.29, 1.82) is 0 Å². The second kappa shape index (κ2) is 6.28. The summed E-state index contributed by atoms with van der Waals surface area (Å²) >= 11 is 0. The Morgan fingerprint density at radius 1 is 1.46 bits per heavy atom. The fourth-order valence-corrected chi connectivity index (χ4v) is 0.747. The summed E-state index contributed by atoms with van der Waals surface area (Å²) in [6.07, 6.45) is 1.03. The summed E-state index contributed by atoms with van der Waals surface area (Å²) in [4.78, 5) is 20.0. The summed E-state index contributed by atoms with van der Waals surface area (Å²) in [6, 6.07) is 0. The van der Waals surface area contributed by atoms with Crippen molar-refractivity contribution in [2.24, 2.45) is 0 Å². The van der Waals surface area contributed by atoms with Crippen LogP contribution in [0.3, 0.4) is 0 Å². The number of carbonyl (C=O) groups is 2. The molecular weight excluding hydrogens is 176 g/mol. The average Bonchev–Trinajstić information content (AvgIpc) is 2.49. The first kappa shape index (κ1) is 11.7. The Hall–Kier alpha value is -1.26. The number of esters is 1. The number of cyclic esters (lactones) is 1. The summed E-state index contributed by atoms with van der Waals surface area (Å²) in [5.74, 6) is -0.0486. The van der Waals surface area contributed by atoms with Crippen LogP contribution in [-0.4, -0.2) is 32.4 Å². The van der Waals surface area contributed by atoms with Gasteiger partial charge in [-0.3, -0.25) is 4.79 Å². The molecule has 0 spiro atoms. The van der Waals surface area contributed by atoms with Crippen molar-refractivity contribution in [2.45, 2.75) is 25.9 Å². The van der Waals surface area contributed by atoms with Crippen molar-refractivity contribution in [2.75, 3.05) is 14.2 Å². The van der Waals surface area contributed by atoms with Crippen molar-refractivity contribution in [3.8, 4) is 0 Å². The van der Waals surface area contributed by atoms with E-state index in [4.69, 9.17) is 4.74 Å². The zero-order valence-corrected chi connectivity index (χ0v) is 8.03. The van der Waals surface area contributed by atoms with Gasteiger partial charge in [-0.1, -0.05) is 0 Å². The van der Waals surface area contributed by atoms with E-state index < -0.39 is 6.16 Å². The Balaban J connectivity index is 0.000000226. The Labute approximate surface area is 77.0 Å². The highest BCUT2D eigenvalue weighted by atomic mass is 16.7. The molecule has 1 saturated heterocycles. The van der Waals surface area contributed by atoms with E-state index >= 15 is 0 Å². The minimum Gasteiger partial charge on any atom is -0.463 e. The van der Waals surface area contributed by atoms with Gasteiger partial charge in [-0.15, -0.1) is 0 Å². The topological polar surface area (TPSA) is 61.8 Å². The van der Waals surface area contributed by atoms with Crippen LogP contribution in [0.5, 0.6) is 0 Å². The van der Waals surface area contributed by atoms with Gasteiger partial charge >= 0.3 is 12.1 Å². The van der Waals surface area contributed by atoms with Gasteiger partial charge in [-0.05, 0) is 13.3 Å². The van der Waals surface area contributed by atoms with Crippen LogP contribution >= 0.6 is 0 Å². The minimum atomic E-state index is -0.657. The molecule has 0 amide bonds. The first-order valence-corrected chi connectivity index (χ1v) is 3.91. The summed E-state index contributed by atoms with van der Waals surface area (Å²) in [5.41, 5.74) is 0. The first-order valence-electron chi connectivity index (χ1n) is 3.91. The van der Waals surface area contributed by atoms with Crippen LogP contribution in [0, 0.1) is 0 Å². The normalized spacial score (nSPS) is 19.6. The predicted molar refractivity (Wildman–Crippen MR) is 44.2 cm³/mol. The molecular formula is C8H14O5. The second-order valence-corrected chi connectivity index (χ2v) is 2.50. The fourth-order valence-electron chi connectivity index (χ4n) is 0.747. The van der Waals surface area contributed by atoms with Gasteiger partial charge in [-0.2, -0.15) is 0 Å². The monoisotopic (exact) mass is 190 g/mol. The summed E-state index contributed by atoms with van der Waals surface area (Å²) in [6.45, 7) is 1.91. The van der Waals surface area contributed by atoms with Gasteiger partial charge in [0.15, 0.2) is 0 Å².